The second-order valence-electron chi connectivity index (χ2n) is 4.23. The van der Waals surface area contributed by atoms with E-state index in [4.69, 9.17) is 4.74 Å². The van der Waals surface area contributed by atoms with Crippen LogP contribution in [0.2, 0.25) is 0 Å². The minimum atomic E-state index is -0.0712. The third kappa shape index (κ3) is 6.50. The number of thiophene rings is 1. The first-order valence-corrected chi connectivity index (χ1v) is 7.39. The molecule has 1 rings (SSSR count). The highest BCUT2D eigenvalue weighted by Gasteiger charge is 2.10. The van der Waals surface area contributed by atoms with Crippen molar-refractivity contribution in [2.24, 2.45) is 0 Å². The van der Waals surface area contributed by atoms with E-state index in [9.17, 15) is 9.59 Å². The summed E-state index contributed by atoms with van der Waals surface area (Å²) in [5.41, 5.74) is 0. The van der Waals surface area contributed by atoms with Crippen molar-refractivity contribution in [3.8, 4) is 0 Å². The molecule has 0 spiro atoms. The normalized spacial score (nSPS) is 10.4. The number of amides is 1. The van der Waals surface area contributed by atoms with E-state index in [1.165, 1.54) is 11.3 Å². The van der Waals surface area contributed by atoms with Crippen molar-refractivity contribution in [3.63, 3.8) is 0 Å². The number of ketones is 1. The van der Waals surface area contributed by atoms with Crippen LogP contribution in [-0.4, -0.2) is 31.4 Å². The fraction of sp³-hybridized carbons (Fsp3) is 0.571. The maximum absolute atomic E-state index is 11.8. The van der Waals surface area contributed by atoms with Gasteiger partial charge in [0.1, 0.15) is 0 Å². The van der Waals surface area contributed by atoms with Gasteiger partial charge in [-0.05, 0) is 32.4 Å². The molecule has 1 heterocycles. The molecule has 1 aromatic rings. The largest absolute Gasteiger partial charge is 0.382 e. The molecule has 106 valence electrons. The Morgan fingerprint density at radius 3 is 2.74 bits per heavy atom. The Morgan fingerprint density at radius 2 is 2.11 bits per heavy atom. The Bertz CT molecular complexity index is 415. The maximum Gasteiger partial charge on any atom is 0.220 e. The van der Waals surface area contributed by atoms with Crippen molar-refractivity contribution >= 4 is 23.0 Å². The minimum Gasteiger partial charge on any atom is -0.382 e. The van der Waals surface area contributed by atoms with Crippen molar-refractivity contribution in [2.45, 2.75) is 33.1 Å². The van der Waals surface area contributed by atoms with Gasteiger partial charge in [-0.1, -0.05) is 0 Å². The number of carbonyl (C=O) groups is 2. The van der Waals surface area contributed by atoms with Gasteiger partial charge < -0.3 is 10.1 Å². The second-order valence-corrected chi connectivity index (χ2v) is 5.52. The molecule has 0 aliphatic heterocycles. The highest BCUT2D eigenvalue weighted by molar-refractivity contribution is 7.14. The standard InChI is InChI=1S/C14H21NO3S/c1-3-18-10-4-9-15-14(17)8-6-12(16)13-7-5-11(2)19-13/h5,7H,3-4,6,8-10H2,1-2H3,(H,15,17). The van der Waals surface area contributed by atoms with E-state index in [-0.39, 0.29) is 24.5 Å². The topological polar surface area (TPSA) is 55.4 Å². The molecule has 0 atom stereocenters. The zero-order valence-electron chi connectivity index (χ0n) is 11.5. The van der Waals surface area contributed by atoms with Gasteiger partial charge in [0.15, 0.2) is 5.78 Å². The SMILES string of the molecule is CCOCCCNC(=O)CCC(=O)c1ccc(C)s1. The Hall–Kier alpha value is -1.20. The molecule has 5 heteroatoms. The van der Waals surface area contributed by atoms with Gasteiger partial charge in [0.25, 0.3) is 0 Å². The van der Waals surface area contributed by atoms with E-state index in [0.717, 1.165) is 16.2 Å². The van der Waals surface area contributed by atoms with Crippen LogP contribution < -0.4 is 5.32 Å². The fourth-order valence-corrected chi connectivity index (χ4v) is 2.40. The van der Waals surface area contributed by atoms with E-state index >= 15 is 0 Å². The highest BCUT2D eigenvalue weighted by Crippen LogP contribution is 2.17. The molecule has 0 bridgehead atoms. The Balaban J connectivity index is 2.14. The predicted molar refractivity (Wildman–Crippen MR) is 76.7 cm³/mol. The number of hydrogen-bond donors (Lipinski definition) is 1. The average Bonchev–Trinajstić information content (AvgIpc) is 2.82. The van der Waals surface area contributed by atoms with Gasteiger partial charge >= 0.3 is 0 Å². The summed E-state index contributed by atoms with van der Waals surface area (Å²) < 4.78 is 5.17. The Labute approximate surface area is 118 Å². The monoisotopic (exact) mass is 283 g/mol. The van der Waals surface area contributed by atoms with Gasteiger partial charge in [0.05, 0.1) is 4.88 Å². The molecule has 0 fully saturated rings. The number of ether oxygens (including phenoxy) is 1. The van der Waals surface area contributed by atoms with Crippen LogP contribution in [0.15, 0.2) is 12.1 Å². The number of Topliss-reactive ketones (excluding diaryl/α,β-unsaturated/α-hetero) is 1. The van der Waals surface area contributed by atoms with Gasteiger partial charge in [0, 0.05) is 37.5 Å². The smallest absolute Gasteiger partial charge is 0.220 e. The lowest BCUT2D eigenvalue weighted by atomic mass is 10.2. The molecule has 0 saturated heterocycles. The minimum absolute atomic E-state index is 0.0440. The van der Waals surface area contributed by atoms with E-state index in [1.807, 2.05) is 26.0 Å². The fourth-order valence-electron chi connectivity index (χ4n) is 1.57. The zero-order chi connectivity index (χ0) is 14.1. The van der Waals surface area contributed by atoms with E-state index in [2.05, 4.69) is 5.32 Å². The molecule has 1 amide bonds. The van der Waals surface area contributed by atoms with Crippen LogP contribution in [0.4, 0.5) is 0 Å². The summed E-state index contributed by atoms with van der Waals surface area (Å²) in [5.74, 6) is -0.0271. The predicted octanol–water partition coefficient (Wildman–Crippen LogP) is 2.56. The quantitative estimate of drug-likeness (QED) is 0.560. The van der Waals surface area contributed by atoms with E-state index in [1.54, 1.807) is 0 Å². The van der Waals surface area contributed by atoms with Crippen molar-refractivity contribution in [1.29, 1.82) is 0 Å². The van der Waals surface area contributed by atoms with Crippen LogP contribution in [0.25, 0.3) is 0 Å². The Kier molecular flexibility index (Phi) is 7.36. The first kappa shape index (κ1) is 15.9. The van der Waals surface area contributed by atoms with Crippen LogP contribution in [0.3, 0.4) is 0 Å². The van der Waals surface area contributed by atoms with Crippen molar-refractivity contribution < 1.29 is 14.3 Å². The molecule has 0 aliphatic carbocycles. The lowest BCUT2D eigenvalue weighted by Crippen LogP contribution is -2.25. The summed E-state index contributed by atoms with van der Waals surface area (Å²) in [6.45, 7) is 5.86. The van der Waals surface area contributed by atoms with Crippen molar-refractivity contribution in [1.82, 2.24) is 5.32 Å². The Morgan fingerprint density at radius 1 is 1.32 bits per heavy atom. The molecule has 0 aliphatic rings. The number of aryl methyl sites for hydroxylation is 1. The van der Waals surface area contributed by atoms with Crippen LogP contribution in [0.1, 0.15) is 40.7 Å². The van der Waals surface area contributed by atoms with Crippen LogP contribution in [0, 0.1) is 6.92 Å². The van der Waals surface area contributed by atoms with Gasteiger partial charge in [0.2, 0.25) is 5.91 Å². The second kappa shape index (κ2) is 8.82. The highest BCUT2D eigenvalue weighted by atomic mass is 32.1. The van der Waals surface area contributed by atoms with Crippen molar-refractivity contribution in [3.05, 3.63) is 21.9 Å². The molecule has 1 aromatic heterocycles. The first-order chi connectivity index (χ1) is 9.13. The van der Waals surface area contributed by atoms with E-state index < -0.39 is 0 Å². The van der Waals surface area contributed by atoms with Gasteiger partial charge in [-0.15, -0.1) is 11.3 Å². The van der Waals surface area contributed by atoms with Crippen molar-refractivity contribution in [2.75, 3.05) is 19.8 Å². The summed E-state index contributed by atoms with van der Waals surface area (Å²) in [7, 11) is 0. The maximum atomic E-state index is 11.8. The molecule has 0 unspecified atom stereocenters. The molecule has 0 aromatic carbocycles. The van der Waals surface area contributed by atoms with Crippen LogP contribution in [0.5, 0.6) is 0 Å². The average molecular weight is 283 g/mol. The summed E-state index contributed by atoms with van der Waals surface area (Å²) in [4.78, 5) is 25.2. The van der Waals surface area contributed by atoms with Crippen LogP contribution in [-0.2, 0) is 9.53 Å². The molecular formula is C14H21NO3S. The summed E-state index contributed by atoms with van der Waals surface area (Å²) in [6.07, 6.45) is 1.33. The van der Waals surface area contributed by atoms with Gasteiger partial charge in [-0.3, -0.25) is 9.59 Å². The number of carbonyl (C=O) groups excluding carboxylic acids is 2. The summed E-state index contributed by atoms with van der Waals surface area (Å²) >= 11 is 1.48. The number of hydrogen-bond acceptors (Lipinski definition) is 4. The summed E-state index contributed by atoms with van der Waals surface area (Å²) in [6, 6.07) is 3.74. The third-order valence-electron chi connectivity index (χ3n) is 2.59. The lowest BCUT2D eigenvalue weighted by molar-refractivity contribution is -0.121. The molecule has 19 heavy (non-hydrogen) atoms. The summed E-state index contributed by atoms with van der Waals surface area (Å²) in [5, 5.41) is 2.79. The molecule has 4 nitrogen and oxygen atoms in total. The van der Waals surface area contributed by atoms with Gasteiger partial charge in [-0.2, -0.15) is 0 Å². The zero-order valence-corrected chi connectivity index (χ0v) is 12.3. The molecule has 1 N–H and O–H groups in total. The number of rotatable bonds is 9. The molecule has 0 radical (unpaired) electrons. The third-order valence-corrected chi connectivity index (χ3v) is 3.63. The lowest BCUT2D eigenvalue weighted by Gasteiger charge is -2.04. The van der Waals surface area contributed by atoms with E-state index in [0.29, 0.717) is 19.8 Å². The van der Waals surface area contributed by atoms with Crippen LogP contribution >= 0.6 is 11.3 Å². The number of nitrogens with one attached hydrogen (secondary N) is 1. The molecule has 0 saturated carbocycles. The first-order valence-electron chi connectivity index (χ1n) is 6.57. The molecular weight excluding hydrogens is 262 g/mol. The van der Waals surface area contributed by atoms with Gasteiger partial charge in [-0.25, -0.2) is 0 Å².